The van der Waals surface area contributed by atoms with Crippen molar-refractivity contribution in [3.05, 3.63) is 46.3 Å². The van der Waals surface area contributed by atoms with Gasteiger partial charge in [0.05, 0.1) is 0 Å². The molecule has 1 aromatic carbocycles. The van der Waals surface area contributed by atoms with E-state index in [0.717, 1.165) is 0 Å². The van der Waals surface area contributed by atoms with Crippen LogP contribution in [0.1, 0.15) is 36.1 Å². The first-order chi connectivity index (χ1) is 12.9. The average molecular weight is 436 g/mol. The van der Waals surface area contributed by atoms with Gasteiger partial charge in [-0.1, -0.05) is 18.2 Å². The number of aromatic nitrogens is 1. The molecule has 0 spiro atoms. The number of benzene rings is 1. The summed E-state index contributed by atoms with van der Waals surface area (Å²) >= 11 is 6.50. The number of carbonyl (C=O) groups excluding carboxylic acids is 1. The van der Waals surface area contributed by atoms with Crippen molar-refractivity contribution in [2.24, 2.45) is 0 Å². The van der Waals surface area contributed by atoms with E-state index in [-0.39, 0.29) is 10.7 Å². The van der Waals surface area contributed by atoms with Crippen molar-refractivity contribution in [1.82, 2.24) is 20.3 Å². The van der Waals surface area contributed by atoms with Crippen LogP contribution in [-0.4, -0.2) is 44.1 Å². The van der Waals surface area contributed by atoms with Crippen molar-refractivity contribution < 1.29 is 13.2 Å². The highest BCUT2D eigenvalue weighted by molar-refractivity contribution is 7.90. The van der Waals surface area contributed by atoms with E-state index in [1.807, 2.05) is 0 Å². The molecule has 0 saturated heterocycles. The lowest BCUT2D eigenvalue weighted by atomic mass is 9.88. The van der Waals surface area contributed by atoms with Gasteiger partial charge >= 0.3 is 0 Å². The summed E-state index contributed by atoms with van der Waals surface area (Å²) in [5.74, 6) is -0.409. The molecule has 2 rings (SSSR count). The van der Waals surface area contributed by atoms with Crippen LogP contribution in [0.25, 0.3) is 0 Å². The van der Waals surface area contributed by atoms with Crippen LogP contribution in [0.15, 0.2) is 35.7 Å². The summed E-state index contributed by atoms with van der Waals surface area (Å²) in [5, 5.41) is 7.57. The molecule has 0 bridgehead atoms. The average Bonchev–Trinajstić information content (AvgIpc) is 3.08. The number of rotatable bonds is 6. The van der Waals surface area contributed by atoms with Crippen molar-refractivity contribution in [2.45, 2.75) is 31.1 Å². The number of thiocarbonyl (C=S) groups is 1. The van der Waals surface area contributed by atoms with Crippen molar-refractivity contribution in [3.63, 3.8) is 0 Å². The van der Waals surface area contributed by atoms with E-state index in [0.29, 0.717) is 10.6 Å². The monoisotopic (exact) mass is 436 g/mol. The first-order valence-corrected chi connectivity index (χ1v) is 11.0. The summed E-state index contributed by atoms with van der Waals surface area (Å²) in [5.41, 5.74) is -0.586. The lowest BCUT2D eigenvalue weighted by molar-refractivity contribution is 0.0975. The smallest absolute Gasteiger partial charge is 0.257 e. The summed E-state index contributed by atoms with van der Waals surface area (Å²) in [4.78, 5) is 16.6. The van der Waals surface area contributed by atoms with Gasteiger partial charge in [0.25, 0.3) is 5.91 Å². The second-order valence-electron chi connectivity index (χ2n) is 6.69. The Labute approximate surface area is 175 Å². The van der Waals surface area contributed by atoms with Crippen LogP contribution >= 0.6 is 23.6 Å². The molecule has 0 aliphatic rings. The molecule has 2 aromatic rings. The number of sulfonamides is 1. The summed E-state index contributed by atoms with van der Waals surface area (Å²) in [7, 11) is 3.31. The Bertz CT molecular complexity index is 977. The zero-order valence-corrected chi connectivity index (χ0v) is 18.4. The van der Waals surface area contributed by atoms with Crippen LogP contribution in [0.3, 0.4) is 0 Å². The third kappa shape index (κ3) is 4.27. The molecule has 0 aliphatic heterocycles. The Morgan fingerprint density at radius 1 is 1.21 bits per heavy atom. The summed E-state index contributed by atoms with van der Waals surface area (Å²) < 4.78 is 26.4. The van der Waals surface area contributed by atoms with Crippen LogP contribution in [0.2, 0.25) is 0 Å². The van der Waals surface area contributed by atoms with Crippen LogP contribution in [0.5, 0.6) is 0 Å². The summed E-state index contributed by atoms with van der Waals surface area (Å²) in [6.45, 7) is 4.75. The van der Waals surface area contributed by atoms with Gasteiger partial charge in [-0.25, -0.2) is 13.1 Å². The maximum Gasteiger partial charge on any atom is 0.257 e. The van der Waals surface area contributed by atoms with Crippen LogP contribution in [0.4, 0.5) is 0 Å². The minimum atomic E-state index is -3.78. The van der Waals surface area contributed by atoms with Crippen molar-refractivity contribution in [1.29, 1.82) is 0 Å². The van der Waals surface area contributed by atoms with E-state index in [9.17, 15) is 13.2 Å². The first kappa shape index (κ1) is 22.5. The van der Waals surface area contributed by atoms with Gasteiger partial charge < -0.3 is 5.32 Å². The van der Waals surface area contributed by atoms with Gasteiger partial charge in [-0.05, 0) is 57.8 Å². The lowest BCUT2D eigenvalue weighted by Gasteiger charge is -2.42. The van der Waals surface area contributed by atoms with E-state index in [4.69, 9.17) is 20.1 Å². The molecular formula is C17H21BN4O3S3. The van der Waals surface area contributed by atoms with Gasteiger partial charge in [0.15, 0.2) is 5.11 Å². The molecule has 0 fully saturated rings. The highest BCUT2D eigenvalue weighted by Crippen LogP contribution is 2.38. The molecule has 1 amide bonds. The molecule has 3 N–H and O–H groups in total. The molecule has 0 saturated carbocycles. The highest BCUT2D eigenvalue weighted by Gasteiger charge is 2.53. The number of nitrogens with one attached hydrogen (secondary N) is 3. The van der Waals surface area contributed by atoms with E-state index < -0.39 is 26.2 Å². The topological polar surface area (TPSA) is 100 Å². The Morgan fingerprint density at radius 2 is 1.82 bits per heavy atom. The minimum absolute atomic E-state index is 0.0236. The van der Waals surface area contributed by atoms with Crippen LogP contribution in [0, 0.1) is 0 Å². The molecule has 28 heavy (non-hydrogen) atoms. The van der Waals surface area contributed by atoms with Crippen molar-refractivity contribution in [2.75, 3.05) is 7.05 Å². The molecule has 2 radical (unpaired) electrons. The van der Waals surface area contributed by atoms with Gasteiger partial charge in [0.2, 0.25) is 10.0 Å². The maximum atomic E-state index is 12.7. The number of carbonyl (C=O) groups is 1. The largest absolute Gasteiger partial charge is 0.349 e. The molecule has 1 atom stereocenters. The molecule has 0 aliphatic carbocycles. The van der Waals surface area contributed by atoms with E-state index in [2.05, 4.69) is 20.3 Å². The van der Waals surface area contributed by atoms with Gasteiger partial charge in [-0.2, -0.15) is 0 Å². The third-order valence-electron chi connectivity index (χ3n) is 4.72. The first-order valence-electron chi connectivity index (χ1n) is 8.27. The quantitative estimate of drug-likeness (QED) is 0.457. The minimum Gasteiger partial charge on any atom is -0.349 e. The Hall–Kier alpha value is -1.82. The predicted octanol–water partition coefficient (Wildman–Crippen LogP) is 0.784. The molecule has 1 heterocycles. The Morgan fingerprint density at radius 3 is 2.32 bits per heavy atom. The Balaban J connectivity index is 2.38. The molecule has 11 heteroatoms. The highest BCUT2D eigenvalue weighted by atomic mass is 32.2. The van der Waals surface area contributed by atoms with Crippen LogP contribution in [-0.2, 0) is 15.6 Å². The molecule has 148 valence electrons. The molecule has 1 unspecified atom stereocenters. The zero-order chi connectivity index (χ0) is 21.2. The number of hydrogen-bond donors (Lipinski definition) is 3. The maximum absolute atomic E-state index is 12.7. The summed E-state index contributed by atoms with van der Waals surface area (Å²) in [6.07, 6.45) is 0. The van der Waals surface area contributed by atoms with Crippen LogP contribution < -0.4 is 20.9 Å². The van der Waals surface area contributed by atoms with Crippen molar-refractivity contribution >= 4 is 58.0 Å². The lowest BCUT2D eigenvalue weighted by Crippen LogP contribution is -2.64. The fraction of sp³-hybridized carbons (Fsp3) is 0.353. The van der Waals surface area contributed by atoms with Gasteiger partial charge in [0.1, 0.15) is 23.1 Å². The fourth-order valence-corrected chi connectivity index (χ4v) is 5.07. The molecule has 1 aromatic heterocycles. The van der Waals surface area contributed by atoms with E-state index >= 15 is 0 Å². The van der Waals surface area contributed by atoms with Gasteiger partial charge in [-0.15, -0.1) is 11.3 Å². The molecule has 7 nitrogen and oxygen atoms in total. The summed E-state index contributed by atoms with van der Waals surface area (Å²) in [6, 6.07) is 8.55. The standard InChI is InChI=1S/C17H21BN4O3S3/c1-16(2,28(24,25)19-4)17(3,14-20-12(18)10-27-14)22-15(26)21-13(23)11-8-6-5-7-9-11/h5-10,19H,1-4H3,(H2,21,22,23,26). The van der Waals surface area contributed by atoms with E-state index in [1.54, 1.807) is 56.5 Å². The second kappa shape index (κ2) is 8.28. The van der Waals surface area contributed by atoms with Gasteiger partial charge in [-0.3, -0.25) is 15.1 Å². The number of nitrogens with zero attached hydrogens (tertiary/aromatic N) is 1. The number of thiazole rings is 1. The normalized spacial score (nSPS) is 14.1. The zero-order valence-electron chi connectivity index (χ0n) is 15.9. The van der Waals surface area contributed by atoms with E-state index in [1.165, 1.54) is 18.4 Å². The predicted molar refractivity (Wildman–Crippen MR) is 117 cm³/mol. The van der Waals surface area contributed by atoms with Gasteiger partial charge in [0, 0.05) is 10.9 Å². The fourth-order valence-electron chi connectivity index (χ4n) is 2.52. The molecular weight excluding hydrogens is 415 g/mol. The number of hydrogen-bond acceptors (Lipinski definition) is 6. The third-order valence-corrected chi connectivity index (χ3v) is 8.30. The SMILES string of the molecule is [B]c1csc(C(C)(NC(=S)NC(=O)c2ccccc2)C(C)(C)S(=O)(=O)NC)n1. The Kier molecular flexibility index (Phi) is 6.64. The second-order valence-corrected chi connectivity index (χ2v) is 10.4. The number of amides is 1. The van der Waals surface area contributed by atoms with Crippen molar-refractivity contribution in [3.8, 4) is 0 Å².